The summed E-state index contributed by atoms with van der Waals surface area (Å²) in [5, 5.41) is 13.8. The molecule has 0 aliphatic heterocycles. The maximum atomic E-state index is 12.5. The lowest BCUT2D eigenvalue weighted by atomic mass is 9.82. The molecule has 5 nitrogen and oxygen atoms in total. The first-order valence-corrected chi connectivity index (χ1v) is 9.14. The molecule has 0 spiro atoms. The van der Waals surface area contributed by atoms with Gasteiger partial charge in [0, 0.05) is 33.9 Å². The molecule has 144 valence electrons. The number of Topliss-reactive ketones (excluding diaryl/α,β-unsaturated/α-hetero) is 2. The number of aliphatic hydroxyl groups is 1. The van der Waals surface area contributed by atoms with Crippen LogP contribution in [0.2, 0.25) is 5.02 Å². The third-order valence-corrected chi connectivity index (χ3v) is 5.24. The van der Waals surface area contributed by atoms with E-state index in [4.69, 9.17) is 11.6 Å². The Labute approximate surface area is 164 Å². The van der Waals surface area contributed by atoms with Gasteiger partial charge in [0.15, 0.2) is 11.6 Å². The molecule has 0 aromatic heterocycles. The molecule has 1 amide bonds. The van der Waals surface area contributed by atoms with E-state index in [1.165, 1.54) is 6.92 Å². The summed E-state index contributed by atoms with van der Waals surface area (Å²) in [5.41, 5.74) is 0.774. The summed E-state index contributed by atoms with van der Waals surface area (Å²) in [5.74, 6) is -0.898. The van der Waals surface area contributed by atoms with Crippen molar-refractivity contribution in [1.82, 2.24) is 5.32 Å². The highest BCUT2D eigenvalue weighted by Crippen LogP contribution is 2.29. The van der Waals surface area contributed by atoms with Crippen LogP contribution in [-0.2, 0) is 20.9 Å². The van der Waals surface area contributed by atoms with Gasteiger partial charge in [0.25, 0.3) is 5.91 Å². The van der Waals surface area contributed by atoms with Crippen LogP contribution in [0.15, 0.2) is 46.6 Å². The van der Waals surface area contributed by atoms with E-state index in [1.807, 2.05) is 6.07 Å². The molecule has 0 bridgehead atoms. The zero-order valence-electron chi connectivity index (χ0n) is 16.0. The van der Waals surface area contributed by atoms with Crippen molar-refractivity contribution in [2.24, 2.45) is 0 Å². The Morgan fingerprint density at radius 2 is 1.74 bits per heavy atom. The number of carbonyl (C=O) groups is 3. The van der Waals surface area contributed by atoms with Crippen molar-refractivity contribution in [1.29, 1.82) is 0 Å². The van der Waals surface area contributed by atoms with Crippen molar-refractivity contribution in [2.75, 3.05) is 0 Å². The second-order valence-corrected chi connectivity index (χ2v) is 7.53. The highest BCUT2D eigenvalue weighted by Gasteiger charge is 2.33. The van der Waals surface area contributed by atoms with Crippen molar-refractivity contribution >= 4 is 29.1 Å². The van der Waals surface area contributed by atoms with Gasteiger partial charge in [-0.15, -0.1) is 0 Å². The molecule has 0 fully saturated rings. The van der Waals surface area contributed by atoms with E-state index in [2.05, 4.69) is 5.32 Å². The summed E-state index contributed by atoms with van der Waals surface area (Å²) < 4.78 is 0. The average Bonchev–Trinajstić information content (AvgIpc) is 2.62. The smallest absolute Gasteiger partial charge is 0.251 e. The van der Waals surface area contributed by atoms with Crippen LogP contribution in [0.25, 0.3) is 0 Å². The summed E-state index contributed by atoms with van der Waals surface area (Å²) in [4.78, 5) is 37.0. The lowest BCUT2D eigenvalue weighted by molar-refractivity contribution is -0.139. The van der Waals surface area contributed by atoms with Gasteiger partial charge in [0.05, 0.1) is 0 Å². The fourth-order valence-electron chi connectivity index (χ4n) is 2.96. The molecule has 0 heterocycles. The van der Waals surface area contributed by atoms with Crippen molar-refractivity contribution in [3.8, 4) is 0 Å². The minimum absolute atomic E-state index is 0.0341. The molecule has 1 aliphatic rings. The van der Waals surface area contributed by atoms with Gasteiger partial charge in [-0.2, -0.15) is 0 Å². The first-order chi connectivity index (χ1) is 12.5. The molecule has 27 heavy (non-hydrogen) atoms. The highest BCUT2D eigenvalue weighted by molar-refractivity contribution is 6.30. The van der Waals surface area contributed by atoms with Crippen LogP contribution >= 0.6 is 11.6 Å². The van der Waals surface area contributed by atoms with E-state index in [9.17, 15) is 19.5 Å². The van der Waals surface area contributed by atoms with Crippen LogP contribution < -0.4 is 5.32 Å². The standard InChI is InChI=1S/C21H24ClNO4/c1-12-13(2)19(25)17(14(3)18(12)24)8-9-21(4,27)20(26)23-11-15-6-5-7-16(22)10-15/h5-7,10,27H,8-9,11H2,1-4H3,(H,23,26). The molecule has 2 rings (SSSR count). The predicted octanol–water partition coefficient (Wildman–Crippen LogP) is 3.29. The summed E-state index contributed by atoms with van der Waals surface area (Å²) in [6, 6.07) is 7.06. The van der Waals surface area contributed by atoms with E-state index >= 15 is 0 Å². The fraction of sp³-hybridized carbons (Fsp3) is 0.381. The zero-order valence-corrected chi connectivity index (χ0v) is 16.7. The molecular weight excluding hydrogens is 366 g/mol. The summed E-state index contributed by atoms with van der Waals surface area (Å²) in [7, 11) is 0. The number of ketones is 2. The number of nitrogens with one attached hydrogen (secondary N) is 1. The third kappa shape index (κ3) is 4.73. The van der Waals surface area contributed by atoms with E-state index < -0.39 is 11.5 Å². The second kappa shape index (κ2) is 8.19. The number of halogens is 1. The van der Waals surface area contributed by atoms with Crippen LogP contribution in [0.1, 0.15) is 46.1 Å². The summed E-state index contributed by atoms with van der Waals surface area (Å²) in [6.45, 7) is 6.50. The predicted molar refractivity (Wildman–Crippen MR) is 104 cm³/mol. The second-order valence-electron chi connectivity index (χ2n) is 7.10. The average molecular weight is 390 g/mol. The van der Waals surface area contributed by atoms with Crippen LogP contribution in [0.3, 0.4) is 0 Å². The maximum Gasteiger partial charge on any atom is 0.251 e. The number of rotatable bonds is 6. The maximum absolute atomic E-state index is 12.5. The fourth-order valence-corrected chi connectivity index (χ4v) is 3.17. The zero-order chi connectivity index (χ0) is 20.4. The topological polar surface area (TPSA) is 83.5 Å². The minimum Gasteiger partial charge on any atom is -0.380 e. The van der Waals surface area contributed by atoms with Gasteiger partial charge in [-0.3, -0.25) is 14.4 Å². The van der Waals surface area contributed by atoms with Gasteiger partial charge in [-0.25, -0.2) is 0 Å². The Bertz CT molecular complexity index is 865. The number of hydrogen-bond donors (Lipinski definition) is 2. The van der Waals surface area contributed by atoms with Gasteiger partial charge in [0.1, 0.15) is 5.60 Å². The number of benzene rings is 1. The van der Waals surface area contributed by atoms with Crippen molar-refractivity contribution in [3.05, 3.63) is 57.1 Å². The van der Waals surface area contributed by atoms with Gasteiger partial charge in [-0.05, 0) is 58.2 Å². The van der Waals surface area contributed by atoms with Gasteiger partial charge >= 0.3 is 0 Å². The van der Waals surface area contributed by atoms with E-state index in [0.717, 1.165) is 5.56 Å². The van der Waals surface area contributed by atoms with Gasteiger partial charge in [0.2, 0.25) is 0 Å². The molecule has 1 atom stereocenters. The van der Waals surface area contributed by atoms with E-state index in [0.29, 0.717) is 27.3 Å². The quantitative estimate of drug-likeness (QED) is 0.731. The molecule has 0 saturated heterocycles. The van der Waals surface area contributed by atoms with Gasteiger partial charge < -0.3 is 10.4 Å². The SMILES string of the molecule is CC1=C(C)C(=O)C(CCC(C)(O)C(=O)NCc2cccc(Cl)c2)=C(C)C1=O. The molecule has 6 heteroatoms. The van der Waals surface area contributed by atoms with Crippen LogP contribution in [-0.4, -0.2) is 28.2 Å². The van der Waals surface area contributed by atoms with Crippen molar-refractivity contribution in [2.45, 2.75) is 52.7 Å². The molecule has 1 aromatic carbocycles. The number of hydrogen-bond acceptors (Lipinski definition) is 4. The molecule has 1 aromatic rings. The Kier molecular flexibility index (Phi) is 6.39. The largest absolute Gasteiger partial charge is 0.380 e. The van der Waals surface area contributed by atoms with E-state index in [1.54, 1.807) is 39.0 Å². The van der Waals surface area contributed by atoms with Crippen LogP contribution in [0, 0.1) is 0 Å². The molecule has 0 radical (unpaired) electrons. The van der Waals surface area contributed by atoms with Gasteiger partial charge in [-0.1, -0.05) is 23.7 Å². The lowest BCUT2D eigenvalue weighted by Gasteiger charge is -2.25. The molecular formula is C21H24ClNO4. The summed E-state index contributed by atoms with van der Waals surface area (Å²) >= 11 is 5.92. The Balaban J connectivity index is 2.02. The van der Waals surface area contributed by atoms with Crippen LogP contribution in [0.4, 0.5) is 0 Å². The first-order valence-electron chi connectivity index (χ1n) is 8.76. The monoisotopic (exact) mass is 389 g/mol. The Morgan fingerprint density at radius 1 is 1.11 bits per heavy atom. The van der Waals surface area contributed by atoms with Crippen molar-refractivity contribution < 1.29 is 19.5 Å². The Morgan fingerprint density at radius 3 is 2.37 bits per heavy atom. The normalized spacial score (nSPS) is 17.3. The minimum atomic E-state index is -1.67. The molecule has 2 N–H and O–H groups in total. The third-order valence-electron chi connectivity index (χ3n) is 5.00. The summed E-state index contributed by atoms with van der Waals surface area (Å²) in [6.07, 6.45) is 0.186. The first kappa shape index (κ1) is 21.1. The molecule has 1 unspecified atom stereocenters. The van der Waals surface area contributed by atoms with Crippen LogP contribution in [0.5, 0.6) is 0 Å². The number of carbonyl (C=O) groups excluding carboxylic acids is 3. The van der Waals surface area contributed by atoms with E-state index in [-0.39, 0.29) is 31.0 Å². The number of amides is 1. The number of allylic oxidation sites excluding steroid dienone is 4. The molecule has 0 saturated carbocycles. The Hall–Kier alpha value is -2.24. The molecule has 1 aliphatic carbocycles. The lowest BCUT2D eigenvalue weighted by Crippen LogP contribution is -2.44. The highest BCUT2D eigenvalue weighted by atomic mass is 35.5. The van der Waals surface area contributed by atoms with Crippen molar-refractivity contribution in [3.63, 3.8) is 0 Å².